The van der Waals surface area contributed by atoms with Gasteiger partial charge in [0.1, 0.15) is 0 Å². The first-order chi connectivity index (χ1) is 8.99. The number of carboxylic acids is 1. The van der Waals surface area contributed by atoms with Gasteiger partial charge in [0.2, 0.25) is 0 Å². The molecule has 0 saturated heterocycles. The minimum atomic E-state index is -1.23. The van der Waals surface area contributed by atoms with Gasteiger partial charge in [-0.3, -0.25) is 4.79 Å². The molecule has 0 aliphatic carbocycles. The number of halogens is 1. The van der Waals surface area contributed by atoms with Crippen molar-refractivity contribution in [1.29, 1.82) is 0 Å². The Labute approximate surface area is 117 Å². The van der Waals surface area contributed by atoms with E-state index in [0.717, 1.165) is 10.0 Å². The average Bonchev–Trinajstić information content (AvgIpc) is 2.82. The molecule has 6 nitrogen and oxygen atoms in total. The number of aromatic amines is 1. The summed E-state index contributed by atoms with van der Waals surface area (Å²) >= 11 is 3.32. The van der Waals surface area contributed by atoms with Gasteiger partial charge < -0.3 is 15.4 Å². The first-order valence-electron chi connectivity index (χ1n) is 5.33. The zero-order valence-corrected chi connectivity index (χ0v) is 11.5. The SMILES string of the molecule is Cc1cc(Br)ccc1NC(=O)c1nc[nH]c1C(=O)O. The molecule has 2 rings (SSSR count). The monoisotopic (exact) mass is 323 g/mol. The van der Waals surface area contributed by atoms with Gasteiger partial charge >= 0.3 is 5.97 Å². The lowest BCUT2D eigenvalue weighted by Gasteiger charge is -2.07. The molecule has 2 aromatic rings. The number of carbonyl (C=O) groups excluding carboxylic acids is 1. The summed E-state index contributed by atoms with van der Waals surface area (Å²) in [5, 5.41) is 11.5. The Morgan fingerprint density at radius 1 is 1.42 bits per heavy atom. The smallest absolute Gasteiger partial charge is 0.354 e. The van der Waals surface area contributed by atoms with Crippen molar-refractivity contribution in [3.63, 3.8) is 0 Å². The van der Waals surface area contributed by atoms with E-state index in [1.54, 1.807) is 12.1 Å². The van der Waals surface area contributed by atoms with Gasteiger partial charge in [0.25, 0.3) is 5.91 Å². The number of aromatic nitrogens is 2. The molecule has 0 aliphatic rings. The molecule has 0 fully saturated rings. The van der Waals surface area contributed by atoms with Crippen LogP contribution in [-0.4, -0.2) is 27.0 Å². The van der Waals surface area contributed by atoms with E-state index < -0.39 is 11.9 Å². The highest BCUT2D eigenvalue weighted by atomic mass is 79.9. The molecule has 1 aromatic carbocycles. The molecule has 1 amide bonds. The number of aryl methyl sites for hydroxylation is 1. The number of hydrogen-bond donors (Lipinski definition) is 3. The van der Waals surface area contributed by atoms with Crippen LogP contribution < -0.4 is 5.32 Å². The van der Waals surface area contributed by atoms with Crippen LogP contribution in [0.4, 0.5) is 5.69 Å². The van der Waals surface area contributed by atoms with E-state index in [0.29, 0.717) is 5.69 Å². The Hall–Kier alpha value is -2.15. The summed E-state index contributed by atoms with van der Waals surface area (Å²) in [6.45, 7) is 1.84. The van der Waals surface area contributed by atoms with Gasteiger partial charge in [-0.05, 0) is 30.7 Å². The molecule has 19 heavy (non-hydrogen) atoms. The number of imidazole rings is 1. The molecular formula is C12H10BrN3O3. The van der Waals surface area contributed by atoms with Crippen LogP contribution in [0.5, 0.6) is 0 Å². The third-order valence-corrected chi connectivity index (χ3v) is 3.00. The van der Waals surface area contributed by atoms with Gasteiger partial charge in [0, 0.05) is 10.2 Å². The average molecular weight is 324 g/mol. The van der Waals surface area contributed by atoms with Crippen LogP contribution in [0.3, 0.4) is 0 Å². The van der Waals surface area contributed by atoms with Crippen molar-refractivity contribution in [1.82, 2.24) is 9.97 Å². The van der Waals surface area contributed by atoms with Gasteiger partial charge in [-0.15, -0.1) is 0 Å². The van der Waals surface area contributed by atoms with E-state index in [9.17, 15) is 9.59 Å². The Morgan fingerprint density at radius 3 is 2.79 bits per heavy atom. The quantitative estimate of drug-likeness (QED) is 0.808. The summed E-state index contributed by atoms with van der Waals surface area (Å²) in [6, 6.07) is 5.36. The third-order valence-electron chi connectivity index (χ3n) is 2.50. The number of benzene rings is 1. The first-order valence-corrected chi connectivity index (χ1v) is 6.12. The van der Waals surface area contributed by atoms with Crippen LogP contribution in [0.15, 0.2) is 29.0 Å². The lowest BCUT2D eigenvalue weighted by molar-refractivity contribution is 0.0686. The Morgan fingerprint density at radius 2 is 2.16 bits per heavy atom. The van der Waals surface area contributed by atoms with Crippen molar-refractivity contribution >= 4 is 33.5 Å². The number of carboxylic acid groups (broad SMARTS) is 1. The van der Waals surface area contributed by atoms with Crippen LogP contribution in [-0.2, 0) is 0 Å². The minimum absolute atomic E-state index is 0.144. The molecular weight excluding hydrogens is 314 g/mol. The standard InChI is InChI=1S/C12H10BrN3O3/c1-6-4-7(13)2-3-8(6)16-11(17)9-10(12(18)19)15-5-14-9/h2-5H,1H3,(H,14,15)(H,16,17)(H,18,19). The number of rotatable bonds is 3. The van der Waals surface area contributed by atoms with Crippen LogP contribution in [0.2, 0.25) is 0 Å². The maximum Gasteiger partial charge on any atom is 0.354 e. The van der Waals surface area contributed by atoms with Gasteiger partial charge in [-0.25, -0.2) is 9.78 Å². The van der Waals surface area contributed by atoms with E-state index in [1.807, 2.05) is 13.0 Å². The van der Waals surface area contributed by atoms with E-state index in [1.165, 1.54) is 6.33 Å². The van der Waals surface area contributed by atoms with Crippen LogP contribution in [0.25, 0.3) is 0 Å². The molecule has 0 bridgehead atoms. The zero-order valence-electron chi connectivity index (χ0n) is 9.90. The van der Waals surface area contributed by atoms with E-state index >= 15 is 0 Å². The lowest BCUT2D eigenvalue weighted by Crippen LogP contribution is -2.17. The number of anilines is 1. The topological polar surface area (TPSA) is 95.1 Å². The minimum Gasteiger partial charge on any atom is -0.477 e. The summed E-state index contributed by atoms with van der Waals surface area (Å²) < 4.78 is 0.897. The van der Waals surface area contributed by atoms with Gasteiger partial charge in [0.05, 0.1) is 6.33 Å². The van der Waals surface area contributed by atoms with Gasteiger partial charge in [-0.1, -0.05) is 15.9 Å². The van der Waals surface area contributed by atoms with Gasteiger partial charge in [0.15, 0.2) is 11.4 Å². The number of hydrogen-bond acceptors (Lipinski definition) is 3. The molecule has 98 valence electrons. The highest BCUT2D eigenvalue weighted by molar-refractivity contribution is 9.10. The number of carbonyl (C=O) groups is 2. The van der Waals surface area contributed by atoms with Crippen molar-refractivity contribution in [2.24, 2.45) is 0 Å². The fourth-order valence-corrected chi connectivity index (χ4v) is 2.05. The summed E-state index contributed by atoms with van der Waals surface area (Å²) in [5.74, 6) is -1.79. The molecule has 0 saturated carbocycles. The second kappa shape index (κ2) is 5.23. The summed E-state index contributed by atoms with van der Waals surface area (Å²) in [4.78, 5) is 29.0. The van der Waals surface area contributed by atoms with Crippen molar-refractivity contribution < 1.29 is 14.7 Å². The number of H-pyrrole nitrogens is 1. The van der Waals surface area contributed by atoms with Crippen molar-refractivity contribution in [3.05, 3.63) is 46.0 Å². The third kappa shape index (κ3) is 2.82. The van der Waals surface area contributed by atoms with E-state index in [-0.39, 0.29) is 11.4 Å². The van der Waals surface area contributed by atoms with Crippen molar-refractivity contribution in [2.45, 2.75) is 6.92 Å². The Bertz CT molecular complexity index is 651. The maximum absolute atomic E-state index is 12.0. The summed E-state index contributed by atoms with van der Waals surface area (Å²) in [7, 11) is 0. The van der Waals surface area contributed by atoms with Crippen LogP contribution in [0.1, 0.15) is 26.5 Å². The van der Waals surface area contributed by atoms with Gasteiger partial charge in [-0.2, -0.15) is 0 Å². The maximum atomic E-state index is 12.0. The first kappa shape index (κ1) is 13.3. The fraction of sp³-hybridized carbons (Fsp3) is 0.0833. The van der Waals surface area contributed by atoms with E-state index in [4.69, 9.17) is 5.11 Å². The van der Waals surface area contributed by atoms with Crippen LogP contribution in [0, 0.1) is 6.92 Å². The second-order valence-electron chi connectivity index (χ2n) is 3.84. The molecule has 0 unspecified atom stereocenters. The zero-order chi connectivity index (χ0) is 14.0. The number of aromatic carboxylic acids is 1. The molecule has 0 atom stereocenters. The highest BCUT2D eigenvalue weighted by Crippen LogP contribution is 2.20. The molecule has 0 radical (unpaired) electrons. The van der Waals surface area contributed by atoms with Crippen molar-refractivity contribution in [3.8, 4) is 0 Å². The molecule has 3 N–H and O–H groups in total. The van der Waals surface area contributed by atoms with Crippen LogP contribution >= 0.6 is 15.9 Å². The second-order valence-corrected chi connectivity index (χ2v) is 4.76. The molecule has 1 heterocycles. The largest absolute Gasteiger partial charge is 0.477 e. The number of amides is 1. The Balaban J connectivity index is 2.26. The molecule has 0 spiro atoms. The summed E-state index contributed by atoms with van der Waals surface area (Å²) in [5.41, 5.74) is 1.09. The normalized spacial score (nSPS) is 10.2. The molecule has 1 aromatic heterocycles. The van der Waals surface area contributed by atoms with E-state index in [2.05, 4.69) is 31.2 Å². The predicted octanol–water partition coefficient (Wildman–Crippen LogP) is 2.43. The van der Waals surface area contributed by atoms with Crippen molar-refractivity contribution in [2.75, 3.05) is 5.32 Å². The highest BCUT2D eigenvalue weighted by Gasteiger charge is 2.20. The predicted molar refractivity (Wildman–Crippen MR) is 72.4 cm³/mol. The molecule has 7 heteroatoms. The number of nitrogens with one attached hydrogen (secondary N) is 2. The number of nitrogens with zero attached hydrogens (tertiary/aromatic N) is 1. The molecule has 0 aliphatic heterocycles. The summed E-state index contributed by atoms with van der Waals surface area (Å²) in [6.07, 6.45) is 1.17. The fourth-order valence-electron chi connectivity index (χ4n) is 1.58. The lowest BCUT2D eigenvalue weighted by atomic mass is 10.2. The Kier molecular flexibility index (Phi) is 3.66.